The molecule has 1 spiro atoms. The second-order valence-electron chi connectivity index (χ2n) is 10.5. The summed E-state index contributed by atoms with van der Waals surface area (Å²) in [6.45, 7) is 7.40. The van der Waals surface area contributed by atoms with Gasteiger partial charge in [0.05, 0.1) is 18.6 Å². The average Bonchev–Trinajstić information content (AvgIpc) is 3.39. The van der Waals surface area contributed by atoms with Gasteiger partial charge >= 0.3 is 0 Å². The lowest BCUT2D eigenvalue weighted by atomic mass is 9.55. The van der Waals surface area contributed by atoms with Crippen molar-refractivity contribution in [1.29, 1.82) is 0 Å². The minimum atomic E-state index is -0.0456. The molecule has 2 aliphatic rings. The van der Waals surface area contributed by atoms with Crippen molar-refractivity contribution >= 4 is 22.9 Å². The molecule has 2 unspecified atom stereocenters. The van der Waals surface area contributed by atoms with E-state index in [1.165, 1.54) is 44.9 Å². The Bertz CT molecular complexity index is 1110. The first-order valence-electron chi connectivity index (χ1n) is 12.4. The molecule has 1 N–H and O–H groups in total. The van der Waals surface area contributed by atoms with Crippen LogP contribution in [-0.4, -0.2) is 48.1 Å². The molecule has 33 heavy (non-hydrogen) atoms. The molecule has 0 saturated heterocycles. The lowest BCUT2D eigenvalue weighted by Gasteiger charge is -2.52. The van der Waals surface area contributed by atoms with Crippen molar-refractivity contribution in [2.45, 2.75) is 77.8 Å². The van der Waals surface area contributed by atoms with Gasteiger partial charge in [-0.3, -0.25) is 4.68 Å². The van der Waals surface area contributed by atoms with Crippen LogP contribution in [-0.2, 0) is 7.05 Å². The Balaban J connectivity index is 1.46. The summed E-state index contributed by atoms with van der Waals surface area (Å²) >= 11 is 0. The van der Waals surface area contributed by atoms with Crippen molar-refractivity contribution in [3.63, 3.8) is 0 Å². The van der Waals surface area contributed by atoms with E-state index in [0.29, 0.717) is 5.41 Å². The number of anilines is 2. The van der Waals surface area contributed by atoms with E-state index in [1.54, 1.807) is 4.68 Å². The first kappa shape index (κ1) is 22.1. The normalized spacial score (nSPS) is 20.8. The van der Waals surface area contributed by atoms with E-state index in [4.69, 9.17) is 9.97 Å². The average molecular weight is 452 g/mol. The third-order valence-electron chi connectivity index (χ3n) is 7.91. The van der Waals surface area contributed by atoms with Crippen LogP contribution in [0.15, 0.2) is 12.5 Å². The Labute approximate surface area is 196 Å². The molecule has 2 saturated carbocycles. The van der Waals surface area contributed by atoms with Crippen LogP contribution in [0.1, 0.15) is 83.5 Å². The molecular weight excluding hydrogens is 414 g/mol. The zero-order valence-electron chi connectivity index (χ0n) is 20.6. The number of nitrogens with one attached hydrogen (secondary N) is 1. The highest BCUT2D eigenvalue weighted by molar-refractivity contribution is 5.84. The van der Waals surface area contributed by atoms with Gasteiger partial charge in [-0.15, -0.1) is 5.10 Å². The number of fused-ring (bicyclic) bond motifs is 1. The largest absolute Gasteiger partial charge is 0.360 e. The van der Waals surface area contributed by atoms with Gasteiger partial charge in [-0.05, 0) is 57.8 Å². The van der Waals surface area contributed by atoms with E-state index in [-0.39, 0.29) is 12.1 Å². The van der Waals surface area contributed by atoms with Crippen LogP contribution in [0.3, 0.4) is 0 Å². The first-order chi connectivity index (χ1) is 15.9. The van der Waals surface area contributed by atoms with E-state index in [2.05, 4.69) is 57.9 Å². The number of aromatic nitrogens is 7. The number of hydrogen-bond acceptors (Lipinski definition) is 7. The molecule has 9 heteroatoms. The van der Waals surface area contributed by atoms with E-state index < -0.39 is 0 Å². The predicted octanol–water partition coefficient (Wildman–Crippen LogP) is 4.51. The standard InChI is InChI=1S/C24H37N9/c1-16(2)33-15-25-20-21(26-17(3)19-14-32(5)30-29-19)27-23(28-22(20)33)31(4)13-18-9-6-7-10-24(18)11-8-12-24/h14-18H,6-13H2,1-5H3,(H,26,27,28). The van der Waals surface area contributed by atoms with Gasteiger partial charge in [0.15, 0.2) is 17.0 Å². The molecule has 3 aromatic heterocycles. The highest BCUT2D eigenvalue weighted by Gasteiger charge is 2.45. The van der Waals surface area contributed by atoms with Crippen LogP contribution in [0.2, 0.25) is 0 Å². The predicted molar refractivity (Wildman–Crippen MR) is 130 cm³/mol. The van der Waals surface area contributed by atoms with E-state index in [1.807, 2.05) is 19.6 Å². The Hall–Kier alpha value is -2.71. The van der Waals surface area contributed by atoms with E-state index in [9.17, 15) is 0 Å². The monoisotopic (exact) mass is 451 g/mol. The second-order valence-corrected chi connectivity index (χ2v) is 10.5. The Morgan fingerprint density at radius 3 is 2.61 bits per heavy atom. The third-order valence-corrected chi connectivity index (χ3v) is 7.91. The van der Waals surface area contributed by atoms with Crippen molar-refractivity contribution in [3.8, 4) is 0 Å². The van der Waals surface area contributed by atoms with Crippen LogP contribution < -0.4 is 10.2 Å². The number of imidazole rings is 1. The fraction of sp³-hybridized carbons (Fsp3) is 0.708. The highest BCUT2D eigenvalue weighted by atomic mass is 15.4. The summed E-state index contributed by atoms with van der Waals surface area (Å²) in [5.74, 6) is 2.24. The molecule has 2 fully saturated rings. The highest BCUT2D eigenvalue weighted by Crippen LogP contribution is 2.55. The van der Waals surface area contributed by atoms with Crippen molar-refractivity contribution in [2.75, 3.05) is 23.8 Å². The van der Waals surface area contributed by atoms with Gasteiger partial charge in [0.1, 0.15) is 5.69 Å². The topological polar surface area (TPSA) is 89.6 Å². The van der Waals surface area contributed by atoms with Gasteiger partial charge in [-0.1, -0.05) is 24.5 Å². The summed E-state index contributed by atoms with van der Waals surface area (Å²) in [5.41, 5.74) is 3.11. The van der Waals surface area contributed by atoms with Gasteiger partial charge in [-0.2, -0.15) is 9.97 Å². The molecule has 0 radical (unpaired) electrons. The number of nitrogens with zero attached hydrogens (tertiary/aromatic N) is 8. The van der Waals surface area contributed by atoms with Crippen LogP contribution in [0.5, 0.6) is 0 Å². The second kappa shape index (κ2) is 8.57. The third kappa shape index (κ3) is 4.06. The van der Waals surface area contributed by atoms with Crippen LogP contribution in [0, 0.1) is 11.3 Å². The summed E-state index contributed by atoms with van der Waals surface area (Å²) in [7, 11) is 4.03. The molecule has 2 aliphatic carbocycles. The molecular formula is C24H37N9. The number of aryl methyl sites for hydroxylation is 1. The smallest absolute Gasteiger partial charge is 0.229 e. The molecule has 2 atom stereocenters. The van der Waals surface area contributed by atoms with Gasteiger partial charge in [0, 0.05) is 26.7 Å². The summed E-state index contributed by atoms with van der Waals surface area (Å²) in [4.78, 5) is 16.9. The van der Waals surface area contributed by atoms with Gasteiger partial charge in [-0.25, -0.2) is 4.98 Å². The lowest BCUT2D eigenvalue weighted by Crippen LogP contribution is -2.45. The minimum absolute atomic E-state index is 0.0456. The molecule has 0 bridgehead atoms. The minimum Gasteiger partial charge on any atom is -0.360 e. The number of hydrogen-bond donors (Lipinski definition) is 1. The van der Waals surface area contributed by atoms with E-state index in [0.717, 1.165) is 41.1 Å². The quantitative estimate of drug-likeness (QED) is 0.565. The number of rotatable bonds is 7. The van der Waals surface area contributed by atoms with E-state index >= 15 is 0 Å². The van der Waals surface area contributed by atoms with Gasteiger partial charge in [0.2, 0.25) is 5.95 Å². The summed E-state index contributed by atoms with van der Waals surface area (Å²) in [6, 6.07) is 0.223. The van der Waals surface area contributed by atoms with Gasteiger partial charge < -0.3 is 14.8 Å². The molecule has 9 nitrogen and oxygen atoms in total. The fourth-order valence-electron chi connectivity index (χ4n) is 5.76. The summed E-state index contributed by atoms with van der Waals surface area (Å²) in [6.07, 6.45) is 13.5. The lowest BCUT2D eigenvalue weighted by molar-refractivity contribution is 0.0113. The SMILES string of the molecule is CC(Nc1nc(N(C)CC2CCCCC23CCC3)nc2c1ncn2C(C)C)c1cn(C)nn1. The Morgan fingerprint density at radius 2 is 1.94 bits per heavy atom. The zero-order valence-corrected chi connectivity index (χ0v) is 20.6. The molecule has 5 rings (SSSR count). The Morgan fingerprint density at radius 1 is 1.15 bits per heavy atom. The first-order valence-corrected chi connectivity index (χ1v) is 12.4. The van der Waals surface area contributed by atoms with Crippen molar-refractivity contribution in [2.24, 2.45) is 18.4 Å². The molecule has 0 amide bonds. The maximum Gasteiger partial charge on any atom is 0.229 e. The molecule has 0 aliphatic heterocycles. The zero-order chi connectivity index (χ0) is 23.2. The van der Waals surface area contributed by atoms with Crippen molar-refractivity contribution in [1.82, 2.24) is 34.5 Å². The molecule has 0 aromatic carbocycles. The van der Waals surface area contributed by atoms with Crippen molar-refractivity contribution in [3.05, 3.63) is 18.2 Å². The molecule has 3 aromatic rings. The fourth-order valence-corrected chi connectivity index (χ4v) is 5.76. The van der Waals surface area contributed by atoms with Crippen molar-refractivity contribution < 1.29 is 0 Å². The van der Waals surface area contributed by atoms with Crippen LogP contribution in [0.4, 0.5) is 11.8 Å². The van der Waals surface area contributed by atoms with Crippen LogP contribution >= 0.6 is 0 Å². The van der Waals surface area contributed by atoms with Crippen LogP contribution in [0.25, 0.3) is 11.2 Å². The summed E-state index contributed by atoms with van der Waals surface area (Å²) < 4.78 is 3.84. The maximum atomic E-state index is 5.00. The van der Waals surface area contributed by atoms with Gasteiger partial charge in [0.25, 0.3) is 0 Å². The maximum absolute atomic E-state index is 5.00. The summed E-state index contributed by atoms with van der Waals surface area (Å²) in [5, 5.41) is 11.9. The Kier molecular flexibility index (Phi) is 5.74. The molecule has 178 valence electrons. The molecule has 3 heterocycles.